The van der Waals surface area contributed by atoms with E-state index >= 15 is 0 Å². The van der Waals surface area contributed by atoms with Crippen molar-refractivity contribution in [2.24, 2.45) is 40.9 Å². The zero-order valence-corrected chi connectivity index (χ0v) is 11.0. The first-order chi connectivity index (χ1) is 9.86. The molecule has 0 radical (unpaired) electrons. The monoisotopic (exact) mass is 294 g/mol. The van der Waals surface area contributed by atoms with Gasteiger partial charge in [0.2, 0.25) is 0 Å². The van der Waals surface area contributed by atoms with E-state index in [0.29, 0.717) is 12.8 Å². The summed E-state index contributed by atoms with van der Waals surface area (Å²) in [4.78, 5) is 46.2. The third-order valence-corrected chi connectivity index (χ3v) is 6.21. The number of hydrogen-bond donors (Lipinski definition) is 2. The van der Waals surface area contributed by atoms with E-state index in [-0.39, 0.29) is 30.1 Å². The SMILES string of the molecule is O=C1CC2(CC3CC2C2C(C(=O)O)C(C(=O)O)C32)C(=O)O1. The number of carboxylic acids is 2. The molecule has 3 aliphatic carbocycles. The molecule has 4 rings (SSSR count). The summed E-state index contributed by atoms with van der Waals surface area (Å²) in [5.74, 6) is -5.83. The number of hydrogen-bond acceptors (Lipinski definition) is 5. The van der Waals surface area contributed by atoms with Crippen molar-refractivity contribution in [3.63, 3.8) is 0 Å². The Morgan fingerprint density at radius 1 is 1.10 bits per heavy atom. The predicted molar refractivity (Wildman–Crippen MR) is 63.6 cm³/mol. The molecule has 3 saturated carbocycles. The number of rotatable bonds is 2. The van der Waals surface area contributed by atoms with Crippen molar-refractivity contribution in [3.05, 3.63) is 0 Å². The standard InChI is InChI=1S/C14H14O7/c15-6-3-14(13(20)21-6)2-4-1-5(14)8-7(4)9(11(16)17)10(8)12(18)19/h4-5,7-10H,1-3H2,(H,16,17)(H,18,19). The largest absolute Gasteiger partial charge is 0.481 e. The highest BCUT2D eigenvalue weighted by molar-refractivity contribution is 5.98. The highest BCUT2D eigenvalue weighted by atomic mass is 16.6. The quantitative estimate of drug-likeness (QED) is 0.549. The van der Waals surface area contributed by atoms with Crippen LogP contribution < -0.4 is 0 Å². The zero-order chi connectivity index (χ0) is 15.1. The van der Waals surface area contributed by atoms with Crippen LogP contribution in [0.25, 0.3) is 0 Å². The van der Waals surface area contributed by atoms with Gasteiger partial charge in [0, 0.05) is 0 Å². The van der Waals surface area contributed by atoms with Crippen LogP contribution in [0.4, 0.5) is 0 Å². The number of cyclic esters (lactones) is 2. The molecule has 1 heterocycles. The third-order valence-electron chi connectivity index (χ3n) is 6.21. The number of carboxylic acid groups (broad SMARTS) is 2. The van der Waals surface area contributed by atoms with Crippen molar-refractivity contribution in [1.29, 1.82) is 0 Å². The summed E-state index contributed by atoms with van der Waals surface area (Å²) >= 11 is 0. The van der Waals surface area contributed by atoms with Gasteiger partial charge < -0.3 is 14.9 Å². The van der Waals surface area contributed by atoms with E-state index < -0.39 is 41.1 Å². The summed E-state index contributed by atoms with van der Waals surface area (Å²) < 4.78 is 4.69. The molecular weight excluding hydrogens is 280 g/mol. The fraction of sp³-hybridized carbons (Fsp3) is 0.714. The lowest BCUT2D eigenvalue weighted by Crippen LogP contribution is -2.60. The molecule has 0 aromatic rings. The molecule has 0 amide bonds. The molecular formula is C14H14O7. The topological polar surface area (TPSA) is 118 Å². The number of carbonyl (C=O) groups excluding carboxylic acids is 2. The van der Waals surface area contributed by atoms with Gasteiger partial charge in [-0.2, -0.15) is 0 Å². The molecule has 2 N–H and O–H groups in total. The number of carbonyl (C=O) groups is 4. The van der Waals surface area contributed by atoms with Crippen LogP contribution in [0.5, 0.6) is 0 Å². The lowest BCUT2D eigenvalue weighted by atomic mass is 9.47. The second-order valence-corrected chi connectivity index (χ2v) is 6.78. The van der Waals surface area contributed by atoms with E-state index in [1.165, 1.54) is 0 Å². The van der Waals surface area contributed by atoms with Gasteiger partial charge in [0.1, 0.15) is 0 Å². The minimum Gasteiger partial charge on any atom is -0.481 e. The Bertz CT molecular complexity index is 596. The van der Waals surface area contributed by atoms with Gasteiger partial charge in [0.15, 0.2) is 0 Å². The van der Waals surface area contributed by atoms with Crippen LogP contribution in [0.1, 0.15) is 19.3 Å². The van der Waals surface area contributed by atoms with Gasteiger partial charge in [-0.3, -0.25) is 19.2 Å². The summed E-state index contributed by atoms with van der Waals surface area (Å²) in [6, 6.07) is 0. The van der Waals surface area contributed by atoms with Crippen molar-refractivity contribution < 1.29 is 34.1 Å². The predicted octanol–water partition coefficient (Wildman–Crippen LogP) is 0.134. The average molecular weight is 294 g/mol. The molecule has 1 aliphatic heterocycles. The van der Waals surface area contributed by atoms with E-state index in [9.17, 15) is 29.4 Å². The Labute approximate surface area is 119 Å². The smallest absolute Gasteiger partial charge is 0.320 e. The Morgan fingerprint density at radius 3 is 2.24 bits per heavy atom. The van der Waals surface area contributed by atoms with Crippen LogP contribution in [-0.2, 0) is 23.9 Å². The lowest BCUT2D eigenvalue weighted by Gasteiger charge is -2.53. The van der Waals surface area contributed by atoms with Gasteiger partial charge in [-0.1, -0.05) is 0 Å². The summed E-state index contributed by atoms with van der Waals surface area (Å²) in [5.41, 5.74) is -0.889. The Kier molecular flexibility index (Phi) is 2.22. The molecule has 7 nitrogen and oxygen atoms in total. The maximum Gasteiger partial charge on any atom is 0.320 e. The zero-order valence-electron chi connectivity index (χ0n) is 11.0. The first-order valence-corrected chi connectivity index (χ1v) is 7.07. The second kappa shape index (κ2) is 3.64. The van der Waals surface area contributed by atoms with Crippen molar-refractivity contribution in [2.45, 2.75) is 19.3 Å². The normalized spacial score (nSPS) is 49.9. The van der Waals surface area contributed by atoms with E-state index in [1.54, 1.807) is 0 Å². The van der Waals surface area contributed by atoms with Crippen LogP contribution in [0.15, 0.2) is 0 Å². The highest BCUT2D eigenvalue weighted by Gasteiger charge is 2.76. The van der Waals surface area contributed by atoms with Crippen LogP contribution in [0.3, 0.4) is 0 Å². The Morgan fingerprint density at radius 2 is 1.71 bits per heavy atom. The summed E-state index contributed by atoms with van der Waals surface area (Å²) in [7, 11) is 0. The van der Waals surface area contributed by atoms with E-state index in [1.807, 2.05) is 0 Å². The first-order valence-electron chi connectivity index (χ1n) is 7.07. The molecule has 1 spiro atoms. The minimum absolute atomic E-state index is 0.00940. The van der Waals surface area contributed by atoms with E-state index in [0.717, 1.165) is 0 Å². The Balaban J connectivity index is 1.71. The van der Waals surface area contributed by atoms with Crippen LogP contribution >= 0.6 is 0 Å². The van der Waals surface area contributed by atoms with Gasteiger partial charge >= 0.3 is 23.9 Å². The summed E-state index contributed by atoms with van der Waals surface area (Å²) in [6.45, 7) is 0. The fourth-order valence-corrected chi connectivity index (χ4v) is 5.66. The number of esters is 2. The molecule has 2 bridgehead atoms. The molecule has 7 atom stereocenters. The average Bonchev–Trinajstić information content (AvgIpc) is 2.88. The molecule has 4 aliphatic rings. The van der Waals surface area contributed by atoms with Crippen LogP contribution in [0.2, 0.25) is 0 Å². The lowest BCUT2D eigenvalue weighted by molar-refractivity contribution is -0.187. The van der Waals surface area contributed by atoms with Gasteiger partial charge in [-0.15, -0.1) is 0 Å². The van der Waals surface area contributed by atoms with Gasteiger partial charge in [0.25, 0.3) is 0 Å². The molecule has 1 saturated heterocycles. The maximum absolute atomic E-state index is 12.1. The minimum atomic E-state index is -1.12. The third kappa shape index (κ3) is 1.30. The Hall–Kier alpha value is -1.92. The molecule has 4 fully saturated rings. The van der Waals surface area contributed by atoms with Crippen molar-refractivity contribution in [3.8, 4) is 0 Å². The van der Waals surface area contributed by atoms with Gasteiger partial charge in [-0.05, 0) is 36.5 Å². The molecule has 0 aromatic carbocycles. The van der Waals surface area contributed by atoms with Gasteiger partial charge in [0.05, 0.1) is 23.7 Å². The molecule has 112 valence electrons. The van der Waals surface area contributed by atoms with E-state index in [4.69, 9.17) is 0 Å². The van der Waals surface area contributed by atoms with Crippen molar-refractivity contribution >= 4 is 23.9 Å². The molecule has 0 aromatic heterocycles. The molecule has 7 unspecified atom stereocenters. The van der Waals surface area contributed by atoms with Crippen LogP contribution in [0, 0.1) is 40.9 Å². The molecule has 21 heavy (non-hydrogen) atoms. The number of aliphatic carboxylic acids is 2. The maximum atomic E-state index is 12.1. The second-order valence-electron chi connectivity index (χ2n) is 6.78. The number of ether oxygens (including phenoxy) is 1. The van der Waals surface area contributed by atoms with Crippen molar-refractivity contribution in [1.82, 2.24) is 0 Å². The van der Waals surface area contributed by atoms with Gasteiger partial charge in [-0.25, -0.2) is 0 Å². The van der Waals surface area contributed by atoms with E-state index in [2.05, 4.69) is 4.74 Å². The molecule has 7 heteroatoms. The fourth-order valence-electron chi connectivity index (χ4n) is 5.66. The summed E-state index contributed by atoms with van der Waals surface area (Å²) in [5, 5.41) is 18.6. The van der Waals surface area contributed by atoms with Crippen LogP contribution in [-0.4, -0.2) is 34.1 Å². The van der Waals surface area contributed by atoms with Crippen molar-refractivity contribution in [2.75, 3.05) is 0 Å². The summed E-state index contributed by atoms with van der Waals surface area (Å²) in [6.07, 6.45) is 1.10. The highest BCUT2D eigenvalue weighted by Crippen LogP contribution is 2.73. The number of fused-ring (bicyclic) bond motifs is 6. The first kappa shape index (κ1) is 12.8.